The van der Waals surface area contributed by atoms with E-state index in [1.165, 1.54) is 28.8 Å². The zero-order valence-corrected chi connectivity index (χ0v) is 15.7. The monoisotopic (exact) mass is 399 g/mol. The Morgan fingerprint density at radius 1 is 1.21 bits per heavy atom. The van der Waals surface area contributed by atoms with Gasteiger partial charge in [0.05, 0.1) is 11.9 Å². The number of halogens is 2. The molecule has 1 N–H and O–H groups in total. The number of benzene rings is 2. The Bertz CT molecular complexity index is 1130. The van der Waals surface area contributed by atoms with Crippen LogP contribution in [0.1, 0.15) is 40.9 Å². The number of rotatable bonds is 4. The van der Waals surface area contributed by atoms with Gasteiger partial charge < -0.3 is 9.84 Å². The van der Waals surface area contributed by atoms with E-state index in [0.717, 1.165) is 31.4 Å². The van der Waals surface area contributed by atoms with Crippen LogP contribution in [0, 0.1) is 18.6 Å². The molecular formula is C22H19F2NO4. The molecule has 1 aliphatic rings. The summed E-state index contributed by atoms with van der Waals surface area (Å²) in [6, 6.07) is 7.72. The number of ether oxygens (including phenoxy) is 1. The molecule has 5 nitrogen and oxygen atoms in total. The SMILES string of the molecule is Cc1c(CC(=O)OC2CCC2)c2c(F)c(O)ccc2n1C(=O)c1cccc(F)c1. The molecule has 1 fully saturated rings. The van der Waals surface area contributed by atoms with E-state index in [2.05, 4.69) is 0 Å². The number of hydrogen-bond donors (Lipinski definition) is 1. The Morgan fingerprint density at radius 2 is 1.97 bits per heavy atom. The lowest BCUT2D eigenvalue weighted by Crippen LogP contribution is -2.26. The fourth-order valence-corrected chi connectivity index (χ4v) is 3.61. The number of esters is 1. The second-order valence-electron chi connectivity index (χ2n) is 7.23. The minimum atomic E-state index is -0.914. The largest absolute Gasteiger partial charge is 0.505 e. The van der Waals surface area contributed by atoms with Gasteiger partial charge in [0.25, 0.3) is 5.91 Å². The van der Waals surface area contributed by atoms with E-state index in [9.17, 15) is 23.5 Å². The van der Waals surface area contributed by atoms with Crippen LogP contribution in [-0.2, 0) is 16.0 Å². The van der Waals surface area contributed by atoms with Gasteiger partial charge in [0, 0.05) is 16.6 Å². The van der Waals surface area contributed by atoms with Gasteiger partial charge in [0.2, 0.25) is 0 Å². The maximum atomic E-state index is 14.8. The van der Waals surface area contributed by atoms with Crippen molar-refractivity contribution in [1.82, 2.24) is 4.57 Å². The minimum absolute atomic E-state index is 0.0159. The predicted octanol–water partition coefficient (Wildman–Crippen LogP) is 4.26. The highest BCUT2D eigenvalue weighted by atomic mass is 19.1. The maximum Gasteiger partial charge on any atom is 0.310 e. The average Bonchev–Trinajstić information content (AvgIpc) is 2.93. The summed E-state index contributed by atoms with van der Waals surface area (Å²) in [4.78, 5) is 25.4. The third-order valence-electron chi connectivity index (χ3n) is 5.36. The molecule has 4 rings (SSSR count). The number of phenolic OH excluding ortho intramolecular Hbond substituents is 1. The van der Waals surface area contributed by atoms with Gasteiger partial charge in [0.1, 0.15) is 11.9 Å². The van der Waals surface area contributed by atoms with E-state index in [4.69, 9.17) is 4.74 Å². The molecule has 0 atom stereocenters. The Labute approximate surface area is 165 Å². The molecule has 29 heavy (non-hydrogen) atoms. The summed E-state index contributed by atoms with van der Waals surface area (Å²) in [5, 5.41) is 9.81. The van der Waals surface area contributed by atoms with Crippen molar-refractivity contribution in [3.05, 3.63) is 64.9 Å². The second kappa shape index (κ2) is 7.31. The molecule has 1 aliphatic carbocycles. The van der Waals surface area contributed by atoms with E-state index in [0.29, 0.717) is 5.69 Å². The molecule has 1 aromatic heterocycles. The standard InChI is InChI=1S/C22H19F2NO4/c1-12-16(11-19(27)29-15-6-3-7-15)20-17(8-9-18(26)21(20)24)25(12)22(28)13-4-2-5-14(23)10-13/h2,4-5,8-10,15,26H,3,6-7,11H2,1H3. The molecule has 7 heteroatoms. The van der Waals surface area contributed by atoms with Gasteiger partial charge in [-0.05, 0) is 62.1 Å². The van der Waals surface area contributed by atoms with Crippen molar-refractivity contribution in [3.8, 4) is 5.75 Å². The molecule has 0 bridgehead atoms. The van der Waals surface area contributed by atoms with Crippen LogP contribution in [-0.4, -0.2) is 27.7 Å². The fraction of sp³-hybridized carbons (Fsp3) is 0.273. The smallest absolute Gasteiger partial charge is 0.310 e. The first-order valence-electron chi connectivity index (χ1n) is 9.38. The molecule has 2 aromatic carbocycles. The molecule has 0 aliphatic heterocycles. The Morgan fingerprint density at radius 3 is 2.62 bits per heavy atom. The lowest BCUT2D eigenvalue weighted by atomic mass is 9.96. The van der Waals surface area contributed by atoms with Crippen molar-refractivity contribution >= 4 is 22.8 Å². The highest BCUT2D eigenvalue weighted by molar-refractivity contribution is 6.05. The molecule has 3 aromatic rings. The maximum absolute atomic E-state index is 14.8. The van der Waals surface area contributed by atoms with Crippen molar-refractivity contribution in [2.24, 2.45) is 0 Å². The summed E-state index contributed by atoms with van der Waals surface area (Å²) in [7, 11) is 0. The Balaban J connectivity index is 1.82. The van der Waals surface area contributed by atoms with Crippen molar-refractivity contribution in [2.75, 3.05) is 0 Å². The van der Waals surface area contributed by atoms with Crippen LogP contribution < -0.4 is 0 Å². The van der Waals surface area contributed by atoms with Gasteiger partial charge >= 0.3 is 5.97 Å². The zero-order valence-electron chi connectivity index (χ0n) is 15.7. The molecule has 150 valence electrons. The number of nitrogens with zero attached hydrogens (tertiary/aromatic N) is 1. The molecule has 0 spiro atoms. The summed E-state index contributed by atoms with van der Waals surface area (Å²) in [5.74, 6) is -3.14. The molecule has 0 radical (unpaired) electrons. The topological polar surface area (TPSA) is 68.5 Å². The Kier molecular flexibility index (Phi) is 4.82. The minimum Gasteiger partial charge on any atom is -0.505 e. The van der Waals surface area contributed by atoms with Gasteiger partial charge in [-0.2, -0.15) is 0 Å². The number of phenols is 1. The normalized spacial score (nSPS) is 14.0. The summed E-state index contributed by atoms with van der Waals surface area (Å²) in [6.45, 7) is 1.58. The van der Waals surface area contributed by atoms with Crippen LogP contribution >= 0.6 is 0 Å². The van der Waals surface area contributed by atoms with E-state index in [1.807, 2.05) is 0 Å². The summed E-state index contributed by atoms with van der Waals surface area (Å²) < 4.78 is 35.0. The van der Waals surface area contributed by atoms with Crippen LogP contribution in [0.5, 0.6) is 5.75 Å². The van der Waals surface area contributed by atoms with E-state index in [1.54, 1.807) is 6.92 Å². The van der Waals surface area contributed by atoms with E-state index >= 15 is 0 Å². The second-order valence-corrected chi connectivity index (χ2v) is 7.23. The van der Waals surface area contributed by atoms with Crippen molar-refractivity contribution in [1.29, 1.82) is 0 Å². The average molecular weight is 399 g/mol. The summed E-state index contributed by atoms with van der Waals surface area (Å²) in [5.41, 5.74) is 0.882. The molecule has 0 saturated heterocycles. The first-order chi connectivity index (χ1) is 13.9. The number of fused-ring (bicyclic) bond motifs is 1. The van der Waals surface area contributed by atoms with Gasteiger partial charge in [-0.3, -0.25) is 14.2 Å². The molecule has 0 unspecified atom stereocenters. The number of carbonyl (C=O) groups is 2. The van der Waals surface area contributed by atoms with Crippen molar-refractivity contribution in [3.63, 3.8) is 0 Å². The van der Waals surface area contributed by atoms with Crippen molar-refractivity contribution in [2.45, 2.75) is 38.7 Å². The zero-order chi connectivity index (χ0) is 20.7. The molecular weight excluding hydrogens is 380 g/mol. The van der Waals surface area contributed by atoms with Crippen LogP contribution in [0.3, 0.4) is 0 Å². The Hall–Kier alpha value is -3.22. The fourth-order valence-electron chi connectivity index (χ4n) is 3.61. The molecule has 0 amide bonds. The van der Waals surface area contributed by atoms with E-state index in [-0.39, 0.29) is 34.6 Å². The van der Waals surface area contributed by atoms with Crippen LogP contribution in [0.2, 0.25) is 0 Å². The predicted molar refractivity (Wildman–Crippen MR) is 102 cm³/mol. The first-order valence-corrected chi connectivity index (χ1v) is 9.38. The number of carbonyl (C=O) groups excluding carboxylic acids is 2. The van der Waals surface area contributed by atoms with Gasteiger partial charge in [-0.1, -0.05) is 6.07 Å². The summed E-state index contributed by atoms with van der Waals surface area (Å²) in [6.07, 6.45) is 2.26. The first kappa shape index (κ1) is 19.1. The van der Waals surface area contributed by atoms with Gasteiger partial charge in [0.15, 0.2) is 11.6 Å². The number of aromatic hydroxyl groups is 1. The quantitative estimate of drug-likeness (QED) is 0.666. The molecule has 1 saturated carbocycles. The third-order valence-corrected chi connectivity index (χ3v) is 5.36. The lowest BCUT2D eigenvalue weighted by Gasteiger charge is -2.25. The van der Waals surface area contributed by atoms with Gasteiger partial charge in [-0.15, -0.1) is 0 Å². The lowest BCUT2D eigenvalue weighted by molar-refractivity contribution is -0.152. The van der Waals surface area contributed by atoms with Gasteiger partial charge in [-0.25, -0.2) is 8.78 Å². The van der Waals surface area contributed by atoms with Crippen LogP contribution in [0.25, 0.3) is 10.9 Å². The highest BCUT2D eigenvalue weighted by Gasteiger charge is 2.27. The summed E-state index contributed by atoms with van der Waals surface area (Å²) >= 11 is 0. The molecule has 1 heterocycles. The van der Waals surface area contributed by atoms with Crippen LogP contribution in [0.4, 0.5) is 8.78 Å². The van der Waals surface area contributed by atoms with Crippen molar-refractivity contribution < 1.29 is 28.2 Å². The number of aromatic nitrogens is 1. The highest BCUT2D eigenvalue weighted by Crippen LogP contribution is 2.34. The van der Waals surface area contributed by atoms with Crippen LogP contribution in [0.15, 0.2) is 36.4 Å². The third kappa shape index (κ3) is 3.37. The number of hydrogen-bond acceptors (Lipinski definition) is 4. The van der Waals surface area contributed by atoms with E-state index < -0.39 is 29.3 Å².